The fourth-order valence-corrected chi connectivity index (χ4v) is 3.31. The number of piperazine rings is 1. The molecule has 1 aliphatic carbocycles. The van der Waals surface area contributed by atoms with Crippen molar-refractivity contribution in [3.05, 3.63) is 29.3 Å². The van der Waals surface area contributed by atoms with Crippen LogP contribution >= 0.6 is 0 Å². The van der Waals surface area contributed by atoms with Gasteiger partial charge >= 0.3 is 0 Å². The van der Waals surface area contributed by atoms with E-state index in [0.717, 1.165) is 25.2 Å². The van der Waals surface area contributed by atoms with Gasteiger partial charge in [0.2, 0.25) is 0 Å². The molecule has 3 rings (SSSR count). The molecule has 1 saturated heterocycles. The molecular formula is C15H22N2. The van der Waals surface area contributed by atoms with Gasteiger partial charge in [0.05, 0.1) is 0 Å². The molecular weight excluding hydrogens is 208 g/mol. The molecule has 2 aliphatic rings. The van der Waals surface area contributed by atoms with Gasteiger partial charge in [0.25, 0.3) is 0 Å². The molecule has 1 saturated carbocycles. The van der Waals surface area contributed by atoms with Crippen molar-refractivity contribution in [2.75, 3.05) is 18.0 Å². The summed E-state index contributed by atoms with van der Waals surface area (Å²) in [6, 6.07) is 8.37. The van der Waals surface area contributed by atoms with E-state index in [-0.39, 0.29) is 0 Å². The van der Waals surface area contributed by atoms with Gasteiger partial charge < -0.3 is 10.2 Å². The standard InChI is InChI=1S/C15H22N2/c1-11-6-7-13(10-12(11)2)17-9-8-16-14-4-3-5-15(14)17/h6-7,10,14-16H,3-5,8-9H2,1-2H3/t14-,15+/m1/s1. The van der Waals surface area contributed by atoms with Gasteiger partial charge in [-0.2, -0.15) is 0 Å². The molecule has 0 aromatic heterocycles. The van der Waals surface area contributed by atoms with Crippen molar-refractivity contribution in [2.45, 2.75) is 45.2 Å². The first kappa shape index (κ1) is 11.1. The molecule has 2 heteroatoms. The maximum absolute atomic E-state index is 3.67. The van der Waals surface area contributed by atoms with Gasteiger partial charge in [-0.05, 0) is 56.4 Å². The first-order chi connectivity index (χ1) is 8.25. The normalized spacial score (nSPS) is 28.2. The number of nitrogens with one attached hydrogen (secondary N) is 1. The summed E-state index contributed by atoms with van der Waals surface area (Å²) in [4.78, 5) is 2.63. The Kier molecular flexibility index (Phi) is 2.83. The minimum absolute atomic E-state index is 0.727. The van der Waals surface area contributed by atoms with Gasteiger partial charge in [0.1, 0.15) is 0 Å². The van der Waals surface area contributed by atoms with Crippen molar-refractivity contribution in [2.24, 2.45) is 0 Å². The Labute approximate surface area is 104 Å². The smallest absolute Gasteiger partial charge is 0.0443 e. The van der Waals surface area contributed by atoms with E-state index in [1.807, 2.05) is 0 Å². The molecule has 1 aromatic carbocycles. The van der Waals surface area contributed by atoms with Crippen LogP contribution in [0.2, 0.25) is 0 Å². The number of fused-ring (bicyclic) bond motifs is 1. The van der Waals surface area contributed by atoms with Crippen LogP contribution in [0.1, 0.15) is 30.4 Å². The summed E-state index contributed by atoms with van der Waals surface area (Å²) in [6.45, 7) is 6.69. The fourth-order valence-electron chi connectivity index (χ4n) is 3.31. The summed E-state index contributed by atoms with van der Waals surface area (Å²) in [5, 5.41) is 3.67. The molecule has 2 fully saturated rings. The van der Waals surface area contributed by atoms with Crippen LogP contribution in [0.3, 0.4) is 0 Å². The molecule has 1 N–H and O–H groups in total. The van der Waals surface area contributed by atoms with Crippen LogP contribution in [0, 0.1) is 13.8 Å². The second-order valence-electron chi connectivity index (χ2n) is 5.52. The van der Waals surface area contributed by atoms with Gasteiger partial charge in [-0.25, -0.2) is 0 Å². The van der Waals surface area contributed by atoms with Gasteiger partial charge in [-0.15, -0.1) is 0 Å². The van der Waals surface area contributed by atoms with Crippen molar-refractivity contribution in [1.29, 1.82) is 0 Å². The number of rotatable bonds is 1. The van der Waals surface area contributed by atoms with E-state index < -0.39 is 0 Å². The van der Waals surface area contributed by atoms with Gasteiger partial charge in [0, 0.05) is 30.9 Å². The van der Waals surface area contributed by atoms with Crippen molar-refractivity contribution in [1.82, 2.24) is 5.32 Å². The highest BCUT2D eigenvalue weighted by atomic mass is 15.2. The molecule has 0 radical (unpaired) electrons. The summed E-state index contributed by atoms with van der Waals surface area (Å²) < 4.78 is 0. The third-order valence-electron chi connectivity index (χ3n) is 4.46. The highest BCUT2D eigenvalue weighted by molar-refractivity contribution is 5.52. The zero-order valence-corrected chi connectivity index (χ0v) is 10.9. The van der Waals surface area contributed by atoms with Crippen LogP contribution in [0.25, 0.3) is 0 Å². The van der Waals surface area contributed by atoms with Gasteiger partial charge in [0.15, 0.2) is 0 Å². The average molecular weight is 230 g/mol. The fraction of sp³-hybridized carbons (Fsp3) is 0.600. The Morgan fingerprint density at radius 1 is 1.18 bits per heavy atom. The van der Waals surface area contributed by atoms with Crippen LogP contribution in [0.5, 0.6) is 0 Å². The Hall–Kier alpha value is -1.02. The number of hydrogen-bond donors (Lipinski definition) is 1. The summed E-state index contributed by atoms with van der Waals surface area (Å²) in [5.74, 6) is 0. The zero-order valence-electron chi connectivity index (χ0n) is 10.9. The summed E-state index contributed by atoms with van der Waals surface area (Å²) in [6.07, 6.45) is 4.08. The zero-order chi connectivity index (χ0) is 11.8. The molecule has 0 amide bonds. The van der Waals surface area contributed by atoms with Crippen molar-refractivity contribution >= 4 is 5.69 Å². The Morgan fingerprint density at radius 2 is 2.06 bits per heavy atom. The minimum Gasteiger partial charge on any atom is -0.366 e. The monoisotopic (exact) mass is 230 g/mol. The molecule has 2 atom stereocenters. The maximum atomic E-state index is 3.67. The largest absolute Gasteiger partial charge is 0.366 e. The van der Waals surface area contributed by atoms with Crippen LogP contribution in [0.15, 0.2) is 18.2 Å². The van der Waals surface area contributed by atoms with E-state index in [1.54, 1.807) is 0 Å². The quantitative estimate of drug-likeness (QED) is 0.798. The number of benzene rings is 1. The number of anilines is 1. The van der Waals surface area contributed by atoms with Crippen LogP contribution in [0.4, 0.5) is 5.69 Å². The minimum atomic E-state index is 0.727. The molecule has 0 bridgehead atoms. The molecule has 1 aliphatic heterocycles. The molecule has 0 unspecified atom stereocenters. The highest BCUT2D eigenvalue weighted by Crippen LogP contribution is 2.31. The van der Waals surface area contributed by atoms with Crippen molar-refractivity contribution < 1.29 is 0 Å². The third-order valence-corrected chi connectivity index (χ3v) is 4.46. The van der Waals surface area contributed by atoms with Crippen molar-refractivity contribution in [3.63, 3.8) is 0 Å². The molecule has 1 aromatic rings. The van der Waals surface area contributed by atoms with E-state index >= 15 is 0 Å². The lowest BCUT2D eigenvalue weighted by Gasteiger charge is -2.40. The van der Waals surface area contributed by atoms with Crippen LogP contribution in [-0.2, 0) is 0 Å². The summed E-state index contributed by atoms with van der Waals surface area (Å²) in [7, 11) is 0. The second kappa shape index (κ2) is 4.34. The van der Waals surface area contributed by atoms with Gasteiger partial charge in [-0.3, -0.25) is 0 Å². The van der Waals surface area contributed by atoms with E-state index in [0.29, 0.717) is 0 Å². The Balaban J connectivity index is 1.89. The molecule has 1 heterocycles. The second-order valence-corrected chi connectivity index (χ2v) is 5.52. The van der Waals surface area contributed by atoms with Crippen LogP contribution < -0.4 is 10.2 Å². The van der Waals surface area contributed by atoms with E-state index in [4.69, 9.17) is 0 Å². The molecule has 2 nitrogen and oxygen atoms in total. The molecule has 92 valence electrons. The van der Waals surface area contributed by atoms with Crippen LogP contribution in [-0.4, -0.2) is 25.2 Å². The lowest BCUT2D eigenvalue weighted by molar-refractivity contribution is 0.404. The number of nitrogens with zero attached hydrogens (tertiary/aromatic N) is 1. The predicted octanol–water partition coefficient (Wildman–Crippen LogP) is 2.63. The Bertz CT molecular complexity index is 413. The first-order valence-corrected chi connectivity index (χ1v) is 6.83. The first-order valence-electron chi connectivity index (χ1n) is 6.83. The lowest BCUT2D eigenvalue weighted by Crippen LogP contribution is -2.55. The maximum Gasteiger partial charge on any atom is 0.0443 e. The summed E-state index contributed by atoms with van der Waals surface area (Å²) >= 11 is 0. The average Bonchev–Trinajstić information content (AvgIpc) is 2.80. The SMILES string of the molecule is Cc1ccc(N2CCN[C@@H]3CCC[C@@H]32)cc1C. The third kappa shape index (κ3) is 1.95. The topological polar surface area (TPSA) is 15.3 Å². The van der Waals surface area contributed by atoms with E-state index in [9.17, 15) is 0 Å². The summed E-state index contributed by atoms with van der Waals surface area (Å²) in [5.41, 5.74) is 4.23. The predicted molar refractivity (Wildman–Crippen MR) is 72.7 cm³/mol. The Morgan fingerprint density at radius 3 is 2.88 bits per heavy atom. The van der Waals surface area contributed by atoms with Gasteiger partial charge in [-0.1, -0.05) is 6.07 Å². The van der Waals surface area contributed by atoms with Crippen molar-refractivity contribution in [3.8, 4) is 0 Å². The van der Waals surface area contributed by atoms with E-state index in [1.165, 1.54) is 36.1 Å². The number of hydrogen-bond acceptors (Lipinski definition) is 2. The molecule has 17 heavy (non-hydrogen) atoms. The lowest BCUT2D eigenvalue weighted by atomic mass is 10.0. The molecule has 0 spiro atoms. The van der Waals surface area contributed by atoms with E-state index in [2.05, 4.69) is 42.3 Å². The number of aryl methyl sites for hydroxylation is 2. The highest BCUT2D eigenvalue weighted by Gasteiger charge is 2.34.